The maximum Gasteiger partial charge on any atom is 0.573 e. The Morgan fingerprint density at radius 3 is 2.68 bits per heavy atom. The van der Waals surface area contributed by atoms with Crippen LogP contribution in [0.15, 0.2) is 45.9 Å². The number of aromatic nitrogens is 1. The molecule has 8 nitrogen and oxygen atoms in total. The van der Waals surface area contributed by atoms with Gasteiger partial charge in [-0.25, -0.2) is 18.1 Å². The van der Waals surface area contributed by atoms with Crippen molar-refractivity contribution in [3.05, 3.63) is 47.7 Å². The third-order valence-corrected chi connectivity index (χ3v) is 6.11. The van der Waals surface area contributed by atoms with E-state index in [4.69, 9.17) is 4.42 Å². The molecule has 2 N–H and O–H groups in total. The summed E-state index contributed by atoms with van der Waals surface area (Å²) in [5.41, 5.74) is 0.803. The fraction of sp³-hybridized carbons (Fsp3) is 0.222. The minimum atomic E-state index is -4.85. The van der Waals surface area contributed by atoms with Gasteiger partial charge in [-0.05, 0) is 36.8 Å². The predicted molar refractivity (Wildman–Crippen MR) is 106 cm³/mol. The van der Waals surface area contributed by atoms with Crippen LogP contribution in [0, 0.1) is 6.92 Å². The van der Waals surface area contributed by atoms with E-state index in [1.807, 2.05) is 0 Å². The number of rotatable bonds is 7. The van der Waals surface area contributed by atoms with E-state index in [0.717, 1.165) is 23.5 Å². The van der Waals surface area contributed by atoms with Crippen LogP contribution in [0.4, 0.5) is 18.3 Å². The minimum Gasteiger partial charge on any atom is -0.442 e. The SMILES string of the molecule is CC(=O)Nc1nc(C)c(-c2ccc(S(=O)(=O)NCc3cccc(OC(F)(F)F)c3)o2)s1. The summed E-state index contributed by atoms with van der Waals surface area (Å²) in [6.07, 6.45) is -4.85. The van der Waals surface area contributed by atoms with Gasteiger partial charge in [-0.2, -0.15) is 0 Å². The number of carbonyl (C=O) groups is 1. The number of carbonyl (C=O) groups excluding carboxylic acids is 1. The van der Waals surface area contributed by atoms with Crippen LogP contribution >= 0.6 is 11.3 Å². The lowest BCUT2D eigenvalue weighted by Gasteiger charge is -2.10. The van der Waals surface area contributed by atoms with Gasteiger partial charge in [-0.3, -0.25) is 4.79 Å². The first-order valence-electron chi connectivity index (χ1n) is 8.62. The monoisotopic (exact) mass is 475 g/mol. The number of hydrogen-bond acceptors (Lipinski definition) is 7. The highest BCUT2D eigenvalue weighted by Crippen LogP contribution is 2.34. The lowest BCUT2D eigenvalue weighted by Crippen LogP contribution is -2.23. The lowest BCUT2D eigenvalue weighted by molar-refractivity contribution is -0.274. The van der Waals surface area contributed by atoms with Crippen LogP contribution in [-0.2, 0) is 21.4 Å². The molecule has 2 aromatic heterocycles. The van der Waals surface area contributed by atoms with Gasteiger partial charge in [-0.15, -0.1) is 13.2 Å². The van der Waals surface area contributed by atoms with E-state index in [-0.39, 0.29) is 28.9 Å². The highest BCUT2D eigenvalue weighted by Gasteiger charge is 2.31. The number of ether oxygens (including phenoxy) is 1. The first-order chi connectivity index (χ1) is 14.4. The van der Waals surface area contributed by atoms with Gasteiger partial charge >= 0.3 is 6.36 Å². The first kappa shape index (κ1) is 22.8. The number of hydrogen-bond donors (Lipinski definition) is 2. The van der Waals surface area contributed by atoms with E-state index in [0.29, 0.717) is 15.7 Å². The summed E-state index contributed by atoms with van der Waals surface area (Å²) in [5.74, 6) is -0.510. The quantitative estimate of drug-likeness (QED) is 0.534. The van der Waals surface area contributed by atoms with Crippen LogP contribution in [0.3, 0.4) is 0 Å². The summed E-state index contributed by atoms with van der Waals surface area (Å²) < 4.78 is 73.6. The molecule has 0 saturated heterocycles. The zero-order valence-corrected chi connectivity index (χ0v) is 17.7. The number of thiazole rings is 1. The number of amides is 1. The molecule has 3 aromatic rings. The number of furan rings is 1. The highest BCUT2D eigenvalue weighted by atomic mass is 32.2. The van der Waals surface area contributed by atoms with E-state index in [9.17, 15) is 26.4 Å². The number of alkyl halides is 3. The van der Waals surface area contributed by atoms with Gasteiger partial charge in [0.15, 0.2) is 5.13 Å². The van der Waals surface area contributed by atoms with Crippen molar-refractivity contribution >= 4 is 32.4 Å². The third-order valence-electron chi connectivity index (χ3n) is 3.75. The second kappa shape index (κ2) is 8.69. The Kier molecular flexibility index (Phi) is 6.38. The van der Waals surface area contributed by atoms with Gasteiger partial charge in [-0.1, -0.05) is 23.5 Å². The van der Waals surface area contributed by atoms with Crippen molar-refractivity contribution in [1.82, 2.24) is 9.71 Å². The van der Waals surface area contributed by atoms with E-state index in [2.05, 4.69) is 19.8 Å². The topological polar surface area (TPSA) is 111 Å². The molecule has 0 unspecified atom stereocenters. The van der Waals surface area contributed by atoms with Crippen molar-refractivity contribution in [3.63, 3.8) is 0 Å². The molecular formula is C18H16F3N3O5S2. The summed E-state index contributed by atoms with van der Waals surface area (Å²) in [7, 11) is -4.08. The Morgan fingerprint density at radius 2 is 2.00 bits per heavy atom. The molecule has 0 fully saturated rings. The fourth-order valence-electron chi connectivity index (χ4n) is 2.52. The van der Waals surface area contributed by atoms with Crippen molar-refractivity contribution < 1.29 is 35.5 Å². The van der Waals surface area contributed by atoms with Crippen molar-refractivity contribution in [3.8, 4) is 16.4 Å². The van der Waals surface area contributed by atoms with Crippen molar-refractivity contribution in [2.24, 2.45) is 0 Å². The Bertz CT molecular complexity index is 1200. The summed E-state index contributed by atoms with van der Waals surface area (Å²) in [6, 6.07) is 7.64. The zero-order valence-electron chi connectivity index (χ0n) is 16.1. The van der Waals surface area contributed by atoms with Gasteiger partial charge in [0.1, 0.15) is 11.5 Å². The molecule has 0 aliphatic heterocycles. The molecule has 0 saturated carbocycles. The van der Waals surface area contributed by atoms with Gasteiger partial charge in [0.2, 0.25) is 11.0 Å². The number of nitrogens with zero attached hydrogens (tertiary/aromatic N) is 1. The number of sulfonamides is 1. The number of aryl methyl sites for hydroxylation is 1. The maximum atomic E-state index is 12.5. The summed E-state index contributed by atoms with van der Waals surface area (Å²) >= 11 is 1.12. The largest absolute Gasteiger partial charge is 0.573 e. The maximum absolute atomic E-state index is 12.5. The zero-order chi connectivity index (χ0) is 22.8. The molecular weight excluding hydrogens is 459 g/mol. The highest BCUT2D eigenvalue weighted by molar-refractivity contribution is 7.89. The van der Waals surface area contributed by atoms with Crippen LogP contribution in [-0.4, -0.2) is 25.7 Å². The third kappa shape index (κ3) is 6.06. The Balaban J connectivity index is 1.73. The predicted octanol–water partition coefficient (Wildman–Crippen LogP) is 4.05. The molecule has 0 radical (unpaired) electrons. The van der Waals surface area contributed by atoms with Crippen LogP contribution in [0.1, 0.15) is 18.2 Å². The average Bonchev–Trinajstić information content (AvgIpc) is 3.25. The molecule has 0 bridgehead atoms. The van der Waals surface area contributed by atoms with Crippen molar-refractivity contribution in [1.29, 1.82) is 0 Å². The van der Waals surface area contributed by atoms with Crippen LogP contribution < -0.4 is 14.8 Å². The molecule has 3 rings (SSSR count). The van der Waals surface area contributed by atoms with Crippen LogP contribution in [0.5, 0.6) is 5.75 Å². The van der Waals surface area contributed by atoms with E-state index in [1.54, 1.807) is 6.92 Å². The molecule has 2 heterocycles. The van der Waals surface area contributed by atoms with E-state index < -0.39 is 22.1 Å². The number of nitrogens with one attached hydrogen (secondary N) is 2. The molecule has 0 aliphatic carbocycles. The van der Waals surface area contributed by atoms with E-state index in [1.165, 1.54) is 31.2 Å². The molecule has 166 valence electrons. The summed E-state index contributed by atoms with van der Waals surface area (Å²) in [4.78, 5) is 15.9. The molecule has 1 amide bonds. The normalized spacial score (nSPS) is 12.0. The smallest absolute Gasteiger partial charge is 0.442 e. The number of anilines is 1. The standard InChI is InChI=1S/C18H16F3N3O5S2/c1-10-16(30-17(23-10)24-11(2)25)14-6-7-15(28-14)31(26,27)22-9-12-4-3-5-13(8-12)29-18(19,20)21/h3-8,22H,9H2,1-2H3,(H,23,24,25). The second-order valence-electron chi connectivity index (χ2n) is 6.25. The molecule has 13 heteroatoms. The molecule has 0 aliphatic rings. The lowest BCUT2D eigenvalue weighted by atomic mass is 10.2. The van der Waals surface area contributed by atoms with Crippen molar-refractivity contribution in [2.45, 2.75) is 31.8 Å². The molecule has 0 atom stereocenters. The number of halogens is 3. The summed E-state index contributed by atoms with van der Waals surface area (Å²) in [5, 5.41) is 2.52. The van der Waals surface area contributed by atoms with Gasteiger partial charge in [0.25, 0.3) is 10.0 Å². The fourth-order valence-corrected chi connectivity index (χ4v) is 4.44. The van der Waals surface area contributed by atoms with Gasteiger partial charge in [0.05, 0.1) is 10.6 Å². The Morgan fingerprint density at radius 1 is 1.26 bits per heavy atom. The molecule has 1 aromatic carbocycles. The average molecular weight is 475 g/mol. The van der Waals surface area contributed by atoms with Gasteiger partial charge in [0, 0.05) is 13.5 Å². The molecule has 0 spiro atoms. The van der Waals surface area contributed by atoms with Crippen LogP contribution in [0.2, 0.25) is 0 Å². The van der Waals surface area contributed by atoms with Crippen molar-refractivity contribution in [2.75, 3.05) is 5.32 Å². The van der Waals surface area contributed by atoms with Gasteiger partial charge < -0.3 is 14.5 Å². The van der Waals surface area contributed by atoms with E-state index >= 15 is 0 Å². The first-order valence-corrected chi connectivity index (χ1v) is 10.9. The Labute approximate surface area is 179 Å². The second-order valence-corrected chi connectivity index (χ2v) is 8.95. The molecule has 31 heavy (non-hydrogen) atoms. The number of benzene rings is 1. The Hall–Kier alpha value is -2.90. The van der Waals surface area contributed by atoms with Crippen LogP contribution in [0.25, 0.3) is 10.6 Å². The minimum absolute atomic E-state index is 0.243. The summed E-state index contributed by atoms with van der Waals surface area (Å²) in [6.45, 7) is 2.74.